The molecule has 0 aliphatic carbocycles. The summed E-state index contributed by atoms with van der Waals surface area (Å²) < 4.78 is 6.81. The summed E-state index contributed by atoms with van der Waals surface area (Å²) in [6, 6.07) is 10.0. The molecule has 0 saturated carbocycles. The minimum Gasteiger partial charge on any atom is -0.462 e. The molecule has 2 saturated heterocycles. The van der Waals surface area contributed by atoms with Crippen LogP contribution >= 0.6 is 0 Å². The Hall–Kier alpha value is -1.35. The number of carbonyl (C=O) groups is 1. The van der Waals surface area contributed by atoms with Gasteiger partial charge in [-0.3, -0.25) is 0 Å². The lowest BCUT2D eigenvalue weighted by Crippen LogP contribution is -2.61. The highest BCUT2D eigenvalue weighted by atomic mass is 16.5. The van der Waals surface area contributed by atoms with Crippen LogP contribution in [0.4, 0.5) is 0 Å². The minimum atomic E-state index is -0.175. The van der Waals surface area contributed by atoms with Crippen molar-refractivity contribution < 1.29 is 14.0 Å². The molecular formula is C18H26NO2+. The molecule has 114 valence electrons. The number of ether oxygens (including phenoxy) is 1. The van der Waals surface area contributed by atoms with E-state index in [2.05, 4.69) is 7.05 Å². The molecule has 3 rings (SSSR count). The van der Waals surface area contributed by atoms with Gasteiger partial charge in [-0.25, -0.2) is 4.79 Å². The Balaban J connectivity index is 1.61. The van der Waals surface area contributed by atoms with Crippen LogP contribution in [-0.2, 0) is 4.74 Å². The maximum atomic E-state index is 12.1. The summed E-state index contributed by atoms with van der Waals surface area (Å²) in [5.74, 6) is 0.364. The second-order valence-electron chi connectivity index (χ2n) is 6.86. The molecule has 3 heteroatoms. The highest BCUT2D eigenvalue weighted by Crippen LogP contribution is 2.36. The van der Waals surface area contributed by atoms with Gasteiger partial charge in [-0.1, -0.05) is 18.2 Å². The highest BCUT2D eigenvalue weighted by Gasteiger charge is 2.43. The number of piperidine rings is 2. The molecule has 0 aromatic heterocycles. The van der Waals surface area contributed by atoms with Crippen molar-refractivity contribution in [2.45, 2.75) is 38.1 Å². The Kier molecular flexibility index (Phi) is 4.29. The van der Waals surface area contributed by atoms with Gasteiger partial charge in [0.2, 0.25) is 0 Å². The predicted octanol–water partition coefficient (Wildman–Crippen LogP) is 3.25. The molecule has 3 nitrogen and oxygen atoms in total. The van der Waals surface area contributed by atoms with Gasteiger partial charge < -0.3 is 9.22 Å². The molecule has 2 aliphatic heterocycles. The maximum absolute atomic E-state index is 12.1. The molecule has 0 spiro atoms. The van der Waals surface area contributed by atoms with Gasteiger partial charge in [0.25, 0.3) is 0 Å². The van der Waals surface area contributed by atoms with Gasteiger partial charge in [0.15, 0.2) is 0 Å². The second-order valence-corrected chi connectivity index (χ2v) is 6.86. The zero-order chi connectivity index (χ0) is 14.7. The summed E-state index contributed by atoms with van der Waals surface area (Å²) in [6.07, 6.45) is 6.45. The molecule has 1 unspecified atom stereocenters. The lowest BCUT2D eigenvalue weighted by molar-refractivity contribution is -0.947. The summed E-state index contributed by atoms with van der Waals surface area (Å²) in [6.45, 7) is 3.19. The lowest BCUT2D eigenvalue weighted by atomic mass is 9.82. The SMILES string of the molecule is C[N+]12CCCC[C@H]1[C@H](COC(=O)c1ccccc1)CCC2. The third-order valence-corrected chi connectivity index (χ3v) is 5.45. The third kappa shape index (κ3) is 3.13. The Morgan fingerprint density at radius 3 is 2.71 bits per heavy atom. The lowest BCUT2D eigenvalue weighted by Gasteiger charge is -2.51. The summed E-state index contributed by atoms with van der Waals surface area (Å²) in [5.41, 5.74) is 0.661. The van der Waals surface area contributed by atoms with E-state index in [1.54, 1.807) is 0 Å². The van der Waals surface area contributed by atoms with Crippen molar-refractivity contribution in [2.24, 2.45) is 5.92 Å². The van der Waals surface area contributed by atoms with Crippen LogP contribution in [0.5, 0.6) is 0 Å². The fourth-order valence-corrected chi connectivity index (χ4v) is 4.27. The van der Waals surface area contributed by atoms with E-state index >= 15 is 0 Å². The number of quaternary nitrogens is 1. The summed E-state index contributed by atoms with van der Waals surface area (Å²) >= 11 is 0. The quantitative estimate of drug-likeness (QED) is 0.630. The average molecular weight is 288 g/mol. The van der Waals surface area contributed by atoms with Crippen LogP contribution in [0.2, 0.25) is 0 Å². The molecule has 0 bridgehead atoms. The molecule has 0 amide bonds. The summed E-state index contributed by atoms with van der Waals surface area (Å²) in [7, 11) is 2.40. The summed E-state index contributed by atoms with van der Waals surface area (Å²) in [4.78, 5) is 12.1. The fraction of sp³-hybridized carbons (Fsp3) is 0.611. The van der Waals surface area contributed by atoms with Crippen molar-refractivity contribution in [2.75, 3.05) is 26.7 Å². The third-order valence-electron chi connectivity index (χ3n) is 5.45. The molecule has 21 heavy (non-hydrogen) atoms. The average Bonchev–Trinajstić information content (AvgIpc) is 2.52. The number of hydrogen-bond donors (Lipinski definition) is 0. The van der Waals surface area contributed by atoms with E-state index in [1.807, 2.05) is 30.3 Å². The molecule has 0 radical (unpaired) electrons. The van der Waals surface area contributed by atoms with E-state index in [0.717, 1.165) is 0 Å². The number of nitrogens with zero attached hydrogens (tertiary/aromatic N) is 1. The monoisotopic (exact) mass is 288 g/mol. The number of rotatable bonds is 3. The number of benzene rings is 1. The first-order chi connectivity index (χ1) is 10.2. The van der Waals surface area contributed by atoms with E-state index in [4.69, 9.17) is 4.74 Å². The van der Waals surface area contributed by atoms with Crippen molar-refractivity contribution in [1.82, 2.24) is 0 Å². The first-order valence-corrected chi connectivity index (χ1v) is 8.25. The van der Waals surface area contributed by atoms with Crippen LogP contribution in [0.25, 0.3) is 0 Å². The van der Waals surface area contributed by atoms with E-state index < -0.39 is 0 Å². The predicted molar refractivity (Wildman–Crippen MR) is 83.0 cm³/mol. The van der Waals surface area contributed by atoms with Crippen molar-refractivity contribution in [3.8, 4) is 0 Å². The summed E-state index contributed by atoms with van der Waals surface area (Å²) in [5, 5.41) is 0. The van der Waals surface area contributed by atoms with Gasteiger partial charge in [0.05, 0.1) is 31.7 Å². The van der Waals surface area contributed by atoms with E-state index in [-0.39, 0.29) is 5.97 Å². The molecule has 1 aromatic rings. The van der Waals surface area contributed by atoms with Gasteiger partial charge >= 0.3 is 5.97 Å². The first kappa shape index (κ1) is 14.6. The fourth-order valence-electron chi connectivity index (χ4n) is 4.27. The van der Waals surface area contributed by atoms with Crippen LogP contribution in [0.1, 0.15) is 42.5 Å². The molecule has 2 aliphatic rings. The van der Waals surface area contributed by atoms with Crippen LogP contribution in [-0.4, -0.2) is 43.2 Å². The molecule has 2 heterocycles. The molecule has 1 aromatic carbocycles. The Bertz CT molecular complexity index is 483. The second kappa shape index (κ2) is 6.18. The van der Waals surface area contributed by atoms with Crippen LogP contribution in [0.15, 0.2) is 30.3 Å². The van der Waals surface area contributed by atoms with Gasteiger partial charge in [-0.05, 0) is 37.8 Å². The maximum Gasteiger partial charge on any atom is 0.338 e. The first-order valence-electron chi connectivity index (χ1n) is 8.25. The number of hydrogen-bond acceptors (Lipinski definition) is 2. The van der Waals surface area contributed by atoms with Gasteiger partial charge in [0.1, 0.15) is 6.61 Å². The molecule has 3 atom stereocenters. The molecule has 2 fully saturated rings. The van der Waals surface area contributed by atoms with Crippen LogP contribution in [0.3, 0.4) is 0 Å². The van der Waals surface area contributed by atoms with E-state index in [9.17, 15) is 4.79 Å². The van der Waals surface area contributed by atoms with Crippen molar-refractivity contribution >= 4 is 5.97 Å². The molecule has 0 N–H and O–H groups in total. The molecular weight excluding hydrogens is 262 g/mol. The Labute approximate surface area is 127 Å². The van der Waals surface area contributed by atoms with Crippen LogP contribution in [0, 0.1) is 5.92 Å². The minimum absolute atomic E-state index is 0.175. The van der Waals surface area contributed by atoms with Crippen molar-refractivity contribution in [3.05, 3.63) is 35.9 Å². The Morgan fingerprint density at radius 2 is 1.90 bits per heavy atom. The van der Waals surface area contributed by atoms with E-state index in [1.165, 1.54) is 49.7 Å². The van der Waals surface area contributed by atoms with Crippen molar-refractivity contribution in [3.63, 3.8) is 0 Å². The van der Waals surface area contributed by atoms with Crippen LogP contribution < -0.4 is 0 Å². The van der Waals surface area contributed by atoms with Gasteiger partial charge in [-0.15, -0.1) is 0 Å². The highest BCUT2D eigenvalue weighted by molar-refractivity contribution is 5.89. The largest absolute Gasteiger partial charge is 0.462 e. The number of fused-ring (bicyclic) bond motifs is 1. The normalized spacial score (nSPS) is 32.2. The topological polar surface area (TPSA) is 26.3 Å². The number of carbonyl (C=O) groups excluding carboxylic acids is 1. The van der Waals surface area contributed by atoms with E-state index in [0.29, 0.717) is 24.1 Å². The van der Waals surface area contributed by atoms with Gasteiger partial charge in [0, 0.05) is 12.3 Å². The smallest absolute Gasteiger partial charge is 0.338 e. The van der Waals surface area contributed by atoms with Crippen molar-refractivity contribution in [1.29, 1.82) is 0 Å². The number of esters is 1. The standard InChI is InChI=1S/C18H26NO2/c1-19-12-6-5-11-17(19)16(10-7-13-19)14-21-18(20)15-8-3-2-4-9-15/h2-4,8-9,16-17H,5-7,10-14H2,1H3/q+1/t16-,17-,19?/m0/s1. The zero-order valence-electron chi connectivity index (χ0n) is 13.0. The zero-order valence-corrected chi connectivity index (χ0v) is 13.0. The van der Waals surface area contributed by atoms with Gasteiger partial charge in [-0.2, -0.15) is 0 Å². The Morgan fingerprint density at radius 1 is 1.14 bits per heavy atom.